The largest absolute Gasteiger partial charge is 0.105 e. The van der Waals surface area contributed by atoms with Gasteiger partial charge in [-0.25, -0.2) is 0 Å². The molecule has 1 aromatic carbocycles. The van der Waals surface area contributed by atoms with Gasteiger partial charge in [0.1, 0.15) is 0 Å². The summed E-state index contributed by atoms with van der Waals surface area (Å²) < 4.78 is 0. The van der Waals surface area contributed by atoms with E-state index >= 15 is 0 Å². The first kappa shape index (κ1) is 14.2. The Bertz CT molecular complexity index is 409. The van der Waals surface area contributed by atoms with Crippen LogP contribution in [0.25, 0.3) is 0 Å². The van der Waals surface area contributed by atoms with Gasteiger partial charge in [0.05, 0.1) is 0 Å². The van der Waals surface area contributed by atoms with Crippen LogP contribution >= 0.6 is 9.24 Å². The molecular weight excluding hydrogens is 223 g/mol. The van der Waals surface area contributed by atoms with E-state index in [4.69, 9.17) is 0 Å². The van der Waals surface area contributed by atoms with Crippen LogP contribution in [0.3, 0.4) is 0 Å². The van der Waals surface area contributed by atoms with Crippen molar-refractivity contribution in [2.45, 2.75) is 40.0 Å². The number of rotatable bonds is 5. The van der Waals surface area contributed by atoms with Gasteiger partial charge in [-0.2, -0.15) is 0 Å². The molecule has 92 valence electrons. The highest BCUT2D eigenvalue weighted by Crippen LogP contribution is 2.09. The standard InChI is InChI=1S/C16H23P/c1-13(2)7-6-8-14(3)11-12-15-9-4-5-10-16(15)17/h4-5,7,9-11H,6,8,12,17H2,1-3H3/b14-11+. The van der Waals surface area contributed by atoms with E-state index in [9.17, 15) is 0 Å². The molecule has 0 N–H and O–H groups in total. The van der Waals surface area contributed by atoms with Crippen molar-refractivity contribution in [1.82, 2.24) is 0 Å². The first-order valence-electron chi connectivity index (χ1n) is 6.22. The fourth-order valence-electron chi connectivity index (χ4n) is 1.69. The molecule has 0 nitrogen and oxygen atoms in total. The molecule has 0 spiro atoms. The topological polar surface area (TPSA) is 0 Å². The molecule has 1 rings (SSSR count). The van der Waals surface area contributed by atoms with E-state index in [0.29, 0.717) is 0 Å². The van der Waals surface area contributed by atoms with Crippen molar-refractivity contribution in [2.24, 2.45) is 0 Å². The summed E-state index contributed by atoms with van der Waals surface area (Å²) in [6, 6.07) is 8.53. The number of benzene rings is 1. The Morgan fingerprint density at radius 2 is 1.82 bits per heavy atom. The molecule has 0 heterocycles. The highest BCUT2D eigenvalue weighted by Gasteiger charge is 1.95. The summed E-state index contributed by atoms with van der Waals surface area (Å²) in [7, 11) is 2.80. The monoisotopic (exact) mass is 246 g/mol. The molecule has 0 aliphatic heterocycles. The number of hydrogen-bond donors (Lipinski definition) is 0. The molecule has 0 amide bonds. The predicted octanol–water partition coefficient (Wildman–Crippen LogP) is 4.42. The maximum Gasteiger partial charge on any atom is -0.00887 e. The summed E-state index contributed by atoms with van der Waals surface area (Å²) in [5.41, 5.74) is 4.29. The van der Waals surface area contributed by atoms with Gasteiger partial charge in [-0.15, -0.1) is 9.24 Å². The SMILES string of the molecule is CC(C)=CCC/C(C)=C/Cc1ccccc1P. The third-order valence-corrected chi connectivity index (χ3v) is 3.38. The van der Waals surface area contributed by atoms with Gasteiger partial charge in [0.2, 0.25) is 0 Å². The van der Waals surface area contributed by atoms with Gasteiger partial charge in [-0.05, 0) is 50.9 Å². The lowest BCUT2D eigenvalue weighted by Gasteiger charge is -2.03. The van der Waals surface area contributed by atoms with Gasteiger partial charge in [-0.1, -0.05) is 47.6 Å². The second-order valence-electron chi connectivity index (χ2n) is 4.77. The zero-order valence-corrected chi connectivity index (χ0v) is 12.3. The maximum absolute atomic E-state index is 2.80. The van der Waals surface area contributed by atoms with Crippen LogP contribution in [-0.4, -0.2) is 0 Å². The lowest BCUT2D eigenvalue weighted by atomic mass is 10.1. The summed E-state index contributed by atoms with van der Waals surface area (Å²) >= 11 is 0. The lowest BCUT2D eigenvalue weighted by Crippen LogP contribution is -1.99. The average Bonchev–Trinajstić information content (AvgIpc) is 2.27. The third kappa shape index (κ3) is 5.84. The molecular formula is C16H23P. The second-order valence-corrected chi connectivity index (χ2v) is 5.40. The number of allylic oxidation sites excluding steroid dienone is 4. The van der Waals surface area contributed by atoms with E-state index in [2.05, 4.69) is 66.4 Å². The van der Waals surface area contributed by atoms with Crippen molar-refractivity contribution in [1.29, 1.82) is 0 Å². The van der Waals surface area contributed by atoms with Gasteiger partial charge in [-0.3, -0.25) is 0 Å². The van der Waals surface area contributed by atoms with Gasteiger partial charge in [0.15, 0.2) is 0 Å². The van der Waals surface area contributed by atoms with Gasteiger partial charge in [0.25, 0.3) is 0 Å². The Morgan fingerprint density at radius 1 is 1.12 bits per heavy atom. The fourth-order valence-corrected chi connectivity index (χ4v) is 2.02. The minimum absolute atomic E-state index is 1.04. The fraction of sp³-hybridized carbons (Fsp3) is 0.375. The Morgan fingerprint density at radius 3 is 2.47 bits per heavy atom. The molecule has 0 fully saturated rings. The zero-order chi connectivity index (χ0) is 12.7. The maximum atomic E-state index is 2.80. The molecule has 1 atom stereocenters. The molecule has 0 aliphatic carbocycles. The highest BCUT2D eigenvalue weighted by atomic mass is 31.0. The van der Waals surface area contributed by atoms with Crippen molar-refractivity contribution in [2.75, 3.05) is 0 Å². The van der Waals surface area contributed by atoms with E-state index in [1.165, 1.54) is 28.4 Å². The quantitative estimate of drug-likeness (QED) is 0.533. The molecule has 1 aromatic rings. The number of hydrogen-bond acceptors (Lipinski definition) is 0. The molecule has 0 bridgehead atoms. The first-order chi connectivity index (χ1) is 8.09. The van der Waals surface area contributed by atoms with Crippen LogP contribution in [0, 0.1) is 0 Å². The van der Waals surface area contributed by atoms with Crippen molar-refractivity contribution in [3.63, 3.8) is 0 Å². The molecule has 0 saturated heterocycles. The predicted molar refractivity (Wildman–Crippen MR) is 81.9 cm³/mol. The van der Waals surface area contributed by atoms with Crippen molar-refractivity contribution in [3.8, 4) is 0 Å². The molecule has 0 radical (unpaired) electrons. The molecule has 1 unspecified atom stereocenters. The van der Waals surface area contributed by atoms with Crippen LogP contribution in [-0.2, 0) is 6.42 Å². The summed E-state index contributed by atoms with van der Waals surface area (Å²) in [6.07, 6.45) is 8.03. The lowest BCUT2D eigenvalue weighted by molar-refractivity contribution is 0.956. The highest BCUT2D eigenvalue weighted by molar-refractivity contribution is 7.27. The normalized spacial score (nSPS) is 11.4. The Labute approximate surface area is 108 Å². The van der Waals surface area contributed by atoms with Crippen molar-refractivity contribution >= 4 is 14.5 Å². The molecule has 17 heavy (non-hydrogen) atoms. The first-order valence-corrected chi connectivity index (χ1v) is 6.79. The van der Waals surface area contributed by atoms with Crippen LogP contribution in [0.2, 0.25) is 0 Å². The van der Waals surface area contributed by atoms with Crippen LogP contribution < -0.4 is 5.30 Å². The van der Waals surface area contributed by atoms with Gasteiger partial charge < -0.3 is 0 Å². The summed E-state index contributed by atoms with van der Waals surface area (Å²) in [5, 5.41) is 1.31. The molecule has 1 heteroatoms. The molecule has 0 aliphatic rings. The van der Waals surface area contributed by atoms with Crippen LogP contribution in [0.4, 0.5) is 0 Å². The summed E-state index contributed by atoms with van der Waals surface area (Å²) in [6.45, 7) is 6.54. The van der Waals surface area contributed by atoms with Crippen molar-refractivity contribution in [3.05, 3.63) is 53.1 Å². The van der Waals surface area contributed by atoms with Crippen LogP contribution in [0.1, 0.15) is 39.2 Å². The Balaban J connectivity index is 2.48. The molecule has 0 aromatic heterocycles. The minimum atomic E-state index is 1.04. The van der Waals surface area contributed by atoms with E-state index < -0.39 is 0 Å². The minimum Gasteiger partial charge on any atom is -0.105 e. The van der Waals surface area contributed by atoms with Gasteiger partial charge >= 0.3 is 0 Å². The third-order valence-electron chi connectivity index (χ3n) is 2.82. The smallest absolute Gasteiger partial charge is 0.00887 e. The average molecular weight is 246 g/mol. The van der Waals surface area contributed by atoms with Gasteiger partial charge in [0, 0.05) is 0 Å². The Hall–Kier alpha value is -0.870. The van der Waals surface area contributed by atoms with Crippen LogP contribution in [0.5, 0.6) is 0 Å². The van der Waals surface area contributed by atoms with E-state index in [-0.39, 0.29) is 0 Å². The zero-order valence-electron chi connectivity index (χ0n) is 11.2. The summed E-state index contributed by atoms with van der Waals surface area (Å²) in [5.74, 6) is 0. The Kier molecular flexibility index (Phi) is 6.22. The summed E-state index contributed by atoms with van der Waals surface area (Å²) in [4.78, 5) is 0. The second kappa shape index (κ2) is 7.45. The molecule has 0 saturated carbocycles. The van der Waals surface area contributed by atoms with Crippen LogP contribution in [0.15, 0.2) is 47.6 Å². The van der Waals surface area contributed by atoms with E-state index in [1.54, 1.807) is 0 Å². The van der Waals surface area contributed by atoms with E-state index in [0.717, 1.165) is 12.8 Å². The van der Waals surface area contributed by atoms with E-state index in [1.807, 2.05) is 0 Å². The van der Waals surface area contributed by atoms with Crippen molar-refractivity contribution < 1.29 is 0 Å².